The molecule has 0 bridgehead atoms. The van der Waals surface area contributed by atoms with Gasteiger partial charge in [-0.25, -0.2) is 0 Å². The number of carbonyl (C=O) groups is 1. The molecule has 0 N–H and O–H groups in total. The molecule has 0 fully saturated rings. The van der Waals surface area contributed by atoms with Gasteiger partial charge in [-0.1, -0.05) is 54.2 Å². The minimum absolute atomic E-state index is 0.0203. The molecule has 2 aliphatic rings. The molecule has 4 nitrogen and oxygen atoms in total. The lowest BCUT2D eigenvalue weighted by atomic mass is 10.1. The molecule has 1 aliphatic carbocycles. The molecule has 0 atom stereocenters. The van der Waals surface area contributed by atoms with Gasteiger partial charge in [0.1, 0.15) is 14.2 Å². The number of fused-ring (bicyclic) bond motifs is 2. The lowest BCUT2D eigenvalue weighted by molar-refractivity contribution is 0.105. The molecule has 0 spiro atoms. The maximum Gasteiger partial charge on any atom is 0.272 e. The second-order valence-corrected chi connectivity index (χ2v) is 9.05. The van der Waals surface area contributed by atoms with Crippen molar-refractivity contribution in [2.24, 2.45) is 0 Å². The van der Waals surface area contributed by atoms with E-state index in [0.717, 1.165) is 31.4 Å². The summed E-state index contributed by atoms with van der Waals surface area (Å²) in [6, 6.07) is 15.8. The van der Waals surface area contributed by atoms with Crippen LogP contribution in [0.1, 0.15) is 15.9 Å². The number of aromatic nitrogens is 1. The summed E-state index contributed by atoms with van der Waals surface area (Å²) >= 11 is 3.02. The number of Topliss-reactive ketones (excluding diaryl/α,β-unsaturated/α-hetero) is 1. The first-order valence-electron chi connectivity index (χ1n) is 9.31. The number of hydrogen-bond donors (Lipinski definition) is 0. The highest BCUT2D eigenvalue weighted by molar-refractivity contribution is 8.08. The van der Waals surface area contributed by atoms with Crippen LogP contribution in [0.2, 0.25) is 0 Å². The van der Waals surface area contributed by atoms with Crippen molar-refractivity contribution in [2.75, 3.05) is 11.9 Å². The maximum atomic E-state index is 13.3. The third-order valence-corrected chi connectivity index (χ3v) is 7.89. The van der Waals surface area contributed by atoms with Gasteiger partial charge in [0, 0.05) is 36.0 Å². The summed E-state index contributed by atoms with van der Waals surface area (Å²) in [6.07, 6.45) is 2.27. The van der Waals surface area contributed by atoms with E-state index in [1.165, 1.54) is 11.3 Å². The van der Waals surface area contributed by atoms with Crippen LogP contribution in [0.25, 0.3) is 10.6 Å². The first-order valence-corrected chi connectivity index (χ1v) is 10.9. The maximum absolute atomic E-state index is 13.3. The second kappa shape index (κ2) is 6.90. The van der Waals surface area contributed by atoms with Gasteiger partial charge < -0.3 is 4.90 Å². The van der Waals surface area contributed by atoms with Crippen LogP contribution in [0.3, 0.4) is 0 Å². The fraction of sp³-hybridized carbons (Fsp3) is 0.130. The van der Waals surface area contributed by atoms with E-state index in [4.69, 9.17) is 0 Å². The Hall–Kier alpha value is -2.83. The van der Waals surface area contributed by atoms with Crippen molar-refractivity contribution < 1.29 is 4.79 Å². The number of benzene rings is 2. The quantitative estimate of drug-likeness (QED) is 0.600. The van der Waals surface area contributed by atoms with Gasteiger partial charge in [0.15, 0.2) is 5.78 Å². The summed E-state index contributed by atoms with van der Waals surface area (Å²) in [4.78, 5) is 29.6. The Morgan fingerprint density at radius 2 is 1.86 bits per heavy atom. The van der Waals surface area contributed by atoms with E-state index in [0.29, 0.717) is 23.1 Å². The summed E-state index contributed by atoms with van der Waals surface area (Å²) in [5.41, 5.74) is 3.48. The molecule has 0 radical (unpaired) electrons. The van der Waals surface area contributed by atoms with Crippen LogP contribution in [-0.2, 0) is 13.0 Å². The number of allylic oxidation sites excluding steroid dienone is 1. The van der Waals surface area contributed by atoms with Crippen molar-refractivity contribution in [3.8, 4) is 0 Å². The molecular weight excluding hydrogens is 400 g/mol. The largest absolute Gasteiger partial charge is 0.337 e. The second-order valence-electron chi connectivity index (χ2n) is 7.02. The fourth-order valence-corrected chi connectivity index (χ4v) is 6.37. The molecule has 0 amide bonds. The van der Waals surface area contributed by atoms with Crippen LogP contribution in [0.5, 0.6) is 0 Å². The predicted molar refractivity (Wildman–Crippen MR) is 120 cm³/mol. The van der Waals surface area contributed by atoms with Crippen molar-refractivity contribution >= 4 is 45.2 Å². The zero-order valence-corrected chi connectivity index (χ0v) is 17.5. The van der Waals surface area contributed by atoms with Gasteiger partial charge in [-0.15, -0.1) is 17.9 Å². The van der Waals surface area contributed by atoms with Gasteiger partial charge in [0.25, 0.3) is 5.56 Å². The van der Waals surface area contributed by atoms with E-state index in [9.17, 15) is 9.59 Å². The molecule has 3 aromatic rings. The minimum atomic E-state index is -0.0664. The van der Waals surface area contributed by atoms with Crippen LogP contribution in [0.15, 0.2) is 70.9 Å². The number of thioether (sulfide) groups is 1. The molecule has 1 aliphatic heterocycles. The normalized spacial score (nSPS) is 18.8. The van der Waals surface area contributed by atoms with Crippen molar-refractivity contribution in [3.05, 3.63) is 91.9 Å². The standard InChI is InChI=1S/C23H18N2O2S2/c1-3-12-25-21(27)20(23-24(2)17-10-6-7-11-18(17)28-23)29-22(25)16-13-14-8-4-5-9-15(14)19(16)26/h3-11H,1,12-13H2,2H3/b22-16-,23-20+. The molecule has 0 saturated heterocycles. The zero-order chi connectivity index (χ0) is 20.1. The number of anilines is 1. The average Bonchev–Trinajstić information content (AvgIpc) is 3.36. The molecule has 5 rings (SSSR count). The predicted octanol–water partition coefficient (Wildman–Crippen LogP) is 2.99. The number of ketones is 1. The van der Waals surface area contributed by atoms with Crippen molar-refractivity contribution in [1.82, 2.24) is 4.57 Å². The minimum Gasteiger partial charge on any atom is -0.337 e. The Labute approximate surface area is 176 Å². The van der Waals surface area contributed by atoms with Gasteiger partial charge >= 0.3 is 0 Å². The van der Waals surface area contributed by atoms with E-state index in [2.05, 4.69) is 23.6 Å². The number of carbonyl (C=O) groups excluding carboxylic acids is 1. The van der Waals surface area contributed by atoms with Gasteiger partial charge in [0.05, 0.1) is 5.69 Å². The number of thiazole rings is 1. The molecule has 0 unspecified atom stereocenters. The first-order chi connectivity index (χ1) is 14.1. The number of rotatable bonds is 2. The Bertz CT molecular complexity index is 1360. The lowest BCUT2D eigenvalue weighted by Gasteiger charge is -2.11. The van der Waals surface area contributed by atoms with Crippen LogP contribution >= 0.6 is 23.1 Å². The van der Waals surface area contributed by atoms with Gasteiger partial charge in [0.2, 0.25) is 0 Å². The molecule has 6 heteroatoms. The summed E-state index contributed by atoms with van der Waals surface area (Å²) in [6.45, 7) is 4.19. The third kappa shape index (κ3) is 2.74. The lowest BCUT2D eigenvalue weighted by Crippen LogP contribution is -2.34. The SMILES string of the molecule is C=CCn1c(=O)/c(=C2\Sc3ccccc3N2C)s/c1=C1/Cc2ccccc2C1=O. The number of hydrogen-bond acceptors (Lipinski definition) is 5. The molecule has 29 heavy (non-hydrogen) atoms. The monoisotopic (exact) mass is 418 g/mol. The highest BCUT2D eigenvalue weighted by Crippen LogP contribution is 2.44. The van der Waals surface area contributed by atoms with Crippen molar-refractivity contribution in [1.29, 1.82) is 0 Å². The molecule has 2 aromatic carbocycles. The molecular formula is C23H18N2O2S2. The van der Waals surface area contributed by atoms with Crippen LogP contribution in [0, 0.1) is 0 Å². The van der Waals surface area contributed by atoms with E-state index in [-0.39, 0.29) is 11.3 Å². The smallest absolute Gasteiger partial charge is 0.272 e. The highest BCUT2D eigenvalue weighted by Gasteiger charge is 2.28. The molecule has 2 heterocycles. The Morgan fingerprint density at radius 1 is 1.10 bits per heavy atom. The Balaban J connectivity index is 1.78. The summed E-state index contributed by atoms with van der Waals surface area (Å²) in [5, 5.41) is 0.911. The van der Waals surface area contributed by atoms with Crippen LogP contribution < -0.4 is 19.7 Å². The summed E-state index contributed by atoms with van der Waals surface area (Å²) in [7, 11) is 1.98. The van der Waals surface area contributed by atoms with Crippen molar-refractivity contribution in [2.45, 2.75) is 17.9 Å². The van der Waals surface area contributed by atoms with Crippen molar-refractivity contribution in [3.63, 3.8) is 0 Å². The Morgan fingerprint density at radius 3 is 2.62 bits per heavy atom. The van der Waals surface area contributed by atoms with Crippen LogP contribution in [0.4, 0.5) is 5.69 Å². The fourth-order valence-electron chi connectivity index (χ4n) is 3.87. The summed E-state index contributed by atoms with van der Waals surface area (Å²) < 4.78 is 3.10. The zero-order valence-electron chi connectivity index (χ0n) is 15.8. The molecule has 0 saturated carbocycles. The van der Waals surface area contributed by atoms with Crippen LogP contribution in [-0.4, -0.2) is 17.4 Å². The topological polar surface area (TPSA) is 42.3 Å². The molecule has 1 aromatic heterocycles. The summed E-state index contributed by atoms with van der Waals surface area (Å²) in [5.74, 6) is 0.0203. The number of para-hydroxylation sites is 1. The van der Waals surface area contributed by atoms with E-state index in [1.54, 1.807) is 22.4 Å². The Kier molecular flexibility index (Phi) is 4.33. The van der Waals surface area contributed by atoms with E-state index >= 15 is 0 Å². The first kappa shape index (κ1) is 18.2. The van der Waals surface area contributed by atoms with Gasteiger partial charge in [-0.2, -0.15) is 0 Å². The third-order valence-electron chi connectivity index (χ3n) is 5.29. The van der Waals surface area contributed by atoms with Gasteiger partial charge in [-0.05, 0) is 17.7 Å². The average molecular weight is 419 g/mol. The molecule has 144 valence electrons. The van der Waals surface area contributed by atoms with E-state index in [1.807, 2.05) is 43.4 Å². The number of nitrogens with zero attached hydrogens (tertiary/aromatic N) is 2. The highest BCUT2D eigenvalue weighted by atomic mass is 32.2. The van der Waals surface area contributed by atoms with Gasteiger partial charge in [-0.3, -0.25) is 14.2 Å². The van der Waals surface area contributed by atoms with E-state index < -0.39 is 0 Å².